The van der Waals surface area contributed by atoms with Crippen LogP contribution in [0.25, 0.3) is 44.6 Å². The summed E-state index contributed by atoms with van der Waals surface area (Å²) in [5, 5.41) is 13.3. The van der Waals surface area contributed by atoms with Gasteiger partial charge in [-0.25, -0.2) is 9.97 Å². The summed E-state index contributed by atoms with van der Waals surface area (Å²) in [6.07, 6.45) is 14.1. The minimum absolute atomic E-state index is 0.576. The Morgan fingerprint density at radius 1 is 1.14 bits per heavy atom. The smallest absolute Gasteiger partial charge is 0.147 e. The molecular weight excluding hydrogens is 458 g/mol. The number of nitrogens with zero attached hydrogens (tertiary/aromatic N) is 4. The summed E-state index contributed by atoms with van der Waals surface area (Å²) < 4.78 is 1.95. The van der Waals surface area contributed by atoms with Crippen LogP contribution in [0.2, 0.25) is 0 Å². The Kier molecular flexibility index (Phi) is 5.60. The lowest BCUT2D eigenvalue weighted by Crippen LogP contribution is -2.11. The Balaban J connectivity index is 1.39. The van der Waals surface area contributed by atoms with Crippen LogP contribution in [0.4, 0.5) is 0 Å². The van der Waals surface area contributed by atoms with Crippen molar-refractivity contribution in [2.24, 2.45) is 5.92 Å². The summed E-state index contributed by atoms with van der Waals surface area (Å²) in [5.41, 5.74) is 8.91. The van der Waals surface area contributed by atoms with Gasteiger partial charge in [0.05, 0.1) is 22.4 Å². The Bertz CT molecular complexity index is 1720. The average Bonchev–Trinajstić information content (AvgIpc) is 3.32. The van der Waals surface area contributed by atoms with E-state index in [1.54, 1.807) is 6.33 Å². The third kappa shape index (κ3) is 4.29. The standard InChI is InChI=1S/C30H29N7/c1-5-20(13-23(6-2)33-19(4)21-7-8-21)22-9-10-27-24(14-22)29(36-35-27)28-15-25-26(34-28)11-12-31-30(25)37-16-18(3)32-17-37/h5-6,9-17,21,33-34H,2,4,7-8H2,1,3H3,(H,35,36)/b20-5+,23-13+. The minimum Gasteiger partial charge on any atom is -0.359 e. The lowest BCUT2D eigenvalue weighted by Gasteiger charge is -2.11. The summed E-state index contributed by atoms with van der Waals surface area (Å²) in [7, 11) is 0. The summed E-state index contributed by atoms with van der Waals surface area (Å²) >= 11 is 0. The van der Waals surface area contributed by atoms with E-state index in [2.05, 4.69) is 80.0 Å². The monoisotopic (exact) mass is 487 g/mol. The molecule has 7 nitrogen and oxygen atoms in total. The topological polar surface area (TPSA) is 87.2 Å². The van der Waals surface area contributed by atoms with Crippen molar-refractivity contribution in [3.05, 3.63) is 103 Å². The molecule has 0 aliphatic heterocycles. The Labute approximate surface area is 215 Å². The molecule has 0 amide bonds. The second kappa shape index (κ2) is 9.09. The van der Waals surface area contributed by atoms with E-state index >= 15 is 0 Å². The lowest BCUT2D eigenvalue weighted by molar-refractivity contribution is 0.865. The number of hydrogen-bond donors (Lipinski definition) is 3. The number of benzene rings is 1. The van der Waals surface area contributed by atoms with E-state index in [9.17, 15) is 0 Å². The number of nitrogens with one attached hydrogen (secondary N) is 3. The van der Waals surface area contributed by atoms with E-state index < -0.39 is 0 Å². The number of aromatic amines is 2. The van der Waals surface area contributed by atoms with Crippen molar-refractivity contribution in [1.82, 2.24) is 35.0 Å². The first-order chi connectivity index (χ1) is 18.0. The van der Waals surface area contributed by atoms with Crippen LogP contribution in [-0.2, 0) is 0 Å². The molecule has 0 saturated heterocycles. The number of aromatic nitrogens is 6. The van der Waals surface area contributed by atoms with Crippen LogP contribution in [0.5, 0.6) is 0 Å². The number of fused-ring (bicyclic) bond motifs is 2. The number of aryl methyl sites for hydroxylation is 1. The van der Waals surface area contributed by atoms with Crippen LogP contribution in [-0.4, -0.2) is 29.7 Å². The van der Waals surface area contributed by atoms with Gasteiger partial charge in [-0.15, -0.1) is 0 Å². The first-order valence-electron chi connectivity index (χ1n) is 12.5. The third-order valence-electron chi connectivity index (χ3n) is 6.85. The molecule has 1 aromatic carbocycles. The maximum atomic E-state index is 4.67. The van der Waals surface area contributed by atoms with Gasteiger partial charge in [-0.05, 0) is 80.2 Å². The molecule has 6 rings (SSSR count). The van der Waals surface area contributed by atoms with Gasteiger partial charge >= 0.3 is 0 Å². The molecule has 1 saturated carbocycles. The number of imidazole rings is 1. The first kappa shape index (κ1) is 22.8. The molecule has 4 heterocycles. The zero-order chi connectivity index (χ0) is 25.5. The van der Waals surface area contributed by atoms with Crippen LogP contribution in [0.1, 0.15) is 31.0 Å². The largest absolute Gasteiger partial charge is 0.359 e. The van der Waals surface area contributed by atoms with Crippen LogP contribution in [0.3, 0.4) is 0 Å². The molecule has 5 aromatic rings. The zero-order valence-electron chi connectivity index (χ0n) is 21.0. The molecule has 1 fully saturated rings. The van der Waals surface area contributed by atoms with Crippen molar-refractivity contribution in [3.8, 4) is 17.2 Å². The Morgan fingerprint density at radius 2 is 2.00 bits per heavy atom. The number of allylic oxidation sites excluding steroid dienone is 5. The molecular formula is C30H29N7. The third-order valence-corrected chi connectivity index (χ3v) is 6.85. The lowest BCUT2D eigenvalue weighted by atomic mass is 10.0. The van der Waals surface area contributed by atoms with Gasteiger partial charge in [0.25, 0.3) is 0 Å². The highest BCUT2D eigenvalue weighted by Gasteiger charge is 2.24. The fourth-order valence-electron chi connectivity index (χ4n) is 4.67. The van der Waals surface area contributed by atoms with E-state index in [4.69, 9.17) is 0 Å². The van der Waals surface area contributed by atoms with Gasteiger partial charge in [-0.1, -0.05) is 25.3 Å². The molecule has 0 radical (unpaired) electrons. The molecule has 1 aliphatic carbocycles. The van der Waals surface area contributed by atoms with E-state index in [1.165, 1.54) is 12.8 Å². The zero-order valence-corrected chi connectivity index (χ0v) is 21.0. The average molecular weight is 488 g/mol. The van der Waals surface area contributed by atoms with Crippen LogP contribution >= 0.6 is 0 Å². The normalized spacial score (nSPS) is 14.4. The van der Waals surface area contributed by atoms with Gasteiger partial charge < -0.3 is 10.3 Å². The van der Waals surface area contributed by atoms with Gasteiger partial charge in [0.2, 0.25) is 0 Å². The molecule has 1 aliphatic rings. The Morgan fingerprint density at radius 3 is 2.73 bits per heavy atom. The number of pyridine rings is 1. The molecule has 4 aromatic heterocycles. The fourth-order valence-corrected chi connectivity index (χ4v) is 4.67. The quantitative estimate of drug-likeness (QED) is 0.216. The molecule has 184 valence electrons. The molecule has 0 spiro atoms. The molecule has 3 N–H and O–H groups in total. The van der Waals surface area contributed by atoms with Crippen molar-refractivity contribution < 1.29 is 0 Å². The number of H-pyrrole nitrogens is 2. The second-order valence-electron chi connectivity index (χ2n) is 9.51. The Hall–Kier alpha value is -4.65. The first-order valence-corrected chi connectivity index (χ1v) is 12.5. The van der Waals surface area contributed by atoms with Gasteiger partial charge in [0, 0.05) is 34.6 Å². The van der Waals surface area contributed by atoms with Crippen molar-refractivity contribution >= 4 is 27.4 Å². The molecule has 37 heavy (non-hydrogen) atoms. The maximum Gasteiger partial charge on any atom is 0.147 e. The predicted octanol–water partition coefficient (Wildman–Crippen LogP) is 6.59. The van der Waals surface area contributed by atoms with Crippen molar-refractivity contribution in [2.45, 2.75) is 26.7 Å². The highest BCUT2D eigenvalue weighted by Crippen LogP contribution is 2.35. The summed E-state index contributed by atoms with van der Waals surface area (Å²) in [6, 6.07) is 10.5. The number of rotatable bonds is 8. The summed E-state index contributed by atoms with van der Waals surface area (Å²) in [6.45, 7) is 12.2. The second-order valence-corrected chi connectivity index (χ2v) is 9.51. The van der Waals surface area contributed by atoms with Gasteiger partial charge in [0.15, 0.2) is 0 Å². The number of hydrogen-bond acceptors (Lipinski definition) is 4. The fraction of sp³-hybridized carbons (Fsp3) is 0.167. The van der Waals surface area contributed by atoms with Crippen LogP contribution in [0.15, 0.2) is 91.8 Å². The maximum absolute atomic E-state index is 4.67. The summed E-state index contributed by atoms with van der Waals surface area (Å²) in [4.78, 5) is 12.5. The van der Waals surface area contributed by atoms with Crippen molar-refractivity contribution in [2.75, 3.05) is 0 Å². The van der Waals surface area contributed by atoms with Crippen molar-refractivity contribution in [3.63, 3.8) is 0 Å². The molecule has 0 unspecified atom stereocenters. The highest BCUT2D eigenvalue weighted by molar-refractivity contribution is 5.98. The van der Waals surface area contributed by atoms with E-state index in [0.29, 0.717) is 5.92 Å². The van der Waals surface area contributed by atoms with E-state index in [0.717, 1.165) is 67.2 Å². The van der Waals surface area contributed by atoms with Gasteiger partial charge in [0.1, 0.15) is 17.8 Å². The predicted molar refractivity (Wildman–Crippen MR) is 150 cm³/mol. The highest BCUT2D eigenvalue weighted by atomic mass is 15.1. The summed E-state index contributed by atoms with van der Waals surface area (Å²) in [5.74, 6) is 1.41. The molecule has 7 heteroatoms. The van der Waals surface area contributed by atoms with E-state index in [1.807, 2.05) is 43.0 Å². The van der Waals surface area contributed by atoms with Crippen molar-refractivity contribution in [1.29, 1.82) is 0 Å². The SMILES string of the molecule is C=C/C(=C\C(=C/C)c1ccc2[nH]nc(-c3cc4c(-n5cnc(C)c5)nccc4[nH]3)c2c1)NC(=C)C1CC1. The van der Waals surface area contributed by atoms with Crippen LogP contribution < -0.4 is 5.32 Å². The minimum atomic E-state index is 0.576. The van der Waals surface area contributed by atoms with E-state index in [-0.39, 0.29) is 0 Å². The van der Waals surface area contributed by atoms with Crippen LogP contribution in [0, 0.1) is 12.8 Å². The molecule has 0 bridgehead atoms. The van der Waals surface area contributed by atoms with Gasteiger partial charge in [-0.2, -0.15) is 5.10 Å². The van der Waals surface area contributed by atoms with Gasteiger partial charge in [-0.3, -0.25) is 9.67 Å². The molecule has 0 atom stereocenters.